The number of rotatable bonds is 6. The minimum atomic E-state index is -4.26. The SMILES string of the molecule is CC(=O)N1CCC(C(=O)O)(S(=O)(=O)c2ccc(C(C)NC(=O)c3cc4c(Cl)c(Cl)c(C)cc4n3C)cc2)CC1. The van der Waals surface area contributed by atoms with Gasteiger partial charge in [0.25, 0.3) is 5.91 Å². The topological polar surface area (TPSA) is 126 Å². The van der Waals surface area contributed by atoms with Crippen LogP contribution in [0.1, 0.15) is 54.3 Å². The number of carboxylic acid groups (broad SMARTS) is 1. The van der Waals surface area contributed by atoms with Crippen LogP contribution >= 0.6 is 23.2 Å². The van der Waals surface area contributed by atoms with Gasteiger partial charge < -0.3 is 19.9 Å². The van der Waals surface area contributed by atoms with E-state index >= 15 is 0 Å². The summed E-state index contributed by atoms with van der Waals surface area (Å²) in [5.74, 6) is -2.01. The number of aromatic nitrogens is 1. The van der Waals surface area contributed by atoms with Crippen LogP contribution in [0.25, 0.3) is 10.9 Å². The van der Waals surface area contributed by atoms with Crippen molar-refractivity contribution >= 4 is 61.7 Å². The third kappa shape index (κ3) is 4.90. The van der Waals surface area contributed by atoms with Gasteiger partial charge >= 0.3 is 5.97 Å². The summed E-state index contributed by atoms with van der Waals surface area (Å²) >= 11 is 12.7. The maximum absolute atomic E-state index is 13.5. The van der Waals surface area contributed by atoms with Gasteiger partial charge in [0, 0.05) is 32.4 Å². The summed E-state index contributed by atoms with van der Waals surface area (Å²) in [6.07, 6.45) is -0.392. The van der Waals surface area contributed by atoms with E-state index in [2.05, 4.69) is 5.32 Å². The van der Waals surface area contributed by atoms with Gasteiger partial charge in [-0.1, -0.05) is 35.3 Å². The number of hydrogen-bond acceptors (Lipinski definition) is 5. The van der Waals surface area contributed by atoms with E-state index in [1.807, 2.05) is 13.0 Å². The summed E-state index contributed by atoms with van der Waals surface area (Å²) in [6.45, 7) is 5.06. The lowest BCUT2D eigenvalue weighted by Crippen LogP contribution is -2.55. The minimum absolute atomic E-state index is 0.0488. The molecule has 2 heterocycles. The molecule has 208 valence electrons. The van der Waals surface area contributed by atoms with Crippen molar-refractivity contribution in [2.75, 3.05) is 13.1 Å². The number of sulfone groups is 1. The number of nitrogens with one attached hydrogen (secondary N) is 1. The molecule has 1 aromatic heterocycles. The highest BCUT2D eigenvalue weighted by atomic mass is 35.5. The number of aryl methyl sites for hydroxylation is 2. The third-order valence-corrected chi connectivity index (χ3v) is 11.1. The first-order valence-electron chi connectivity index (χ1n) is 12.3. The van der Waals surface area contributed by atoms with E-state index in [1.165, 1.54) is 24.0 Å². The van der Waals surface area contributed by atoms with Crippen molar-refractivity contribution in [3.63, 3.8) is 0 Å². The highest BCUT2D eigenvalue weighted by molar-refractivity contribution is 7.93. The molecule has 1 aliphatic heterocycles. The quantitative estimate of drug-likeness (QED) is 0.432. The standard InChI is InChI=1S/C27H29Cl2N3O6S/c1-15-13-21-20(24(29)23(15)28)14-22(31(21)4)25(34)30-16(2)18-5-7-19(8-6-18)39(37,38)27(26(35)36)9-11-32(12-10-27)17(3)33/h5-8,13-14,16H,9-12H2,1-4H3,(H,30,34)(H,35,36). The van der Waals surface area contributed by atoms with Crippen molar-refractivity contribution < 1.29 is 27.9 Å². The molecule has 1 atom stereocenters. The Balaban J connectivity index is 1.55. The largest absolute Gasteiger partial charge is 0.480 e. The first-order valence-corrected chi connectivity index (χ1v) is 14.5. The molecule has 1 aliphatic rings. The molecule has 1 unspecified atom stereocenters. The molecule has 12 heteroatoms. The van der Waals surface area contributed by atoms with Crippen molar-refractivity contribution in [1.29, 1.82) is 0 Å². The maximum Gasteiger partial charge on any atom is 0.325 e. The lowest BCUT2D eigenvalue weighted by atomic mass is 9.96. The molecule has 3 aromatic rings. The molecule has 0 spiro atoms. The van der Waals surface area contributed by atoms with Crippen LogP contribution in [0.4, 0.5) is 0 Å². The molecule has 0 bridgehead atoms. The van der Waals surface area contributed by atoms with E-state index in [4.69, 9.17) is 23.2 Å². The summed E-state index contributed by atoms with van der Waals surface area (Å²) in [5.41, 5.74) is 2.56. The van der Waals surface area contributed by atoms with Gasteiger partial charge in [-0.2, -0.15) is 0 Å². The average molecular weight is 595 g/mol. The molecular formula is C27H29Cl2N3O6S. The second-order valence-electron chi connectivity index (χ2n) is 9.92. The lowest BCUT2D eigenvalue weighted by molar-refractivity contribution is -0.143. The number of amides is 2. The second kappa shape index (κ2) is 10.5. The van der Waals surface area contributed by atoms with E-state index in [-0.39, 0.29) is 42.6 Å². The van der Waals surface area contributed by atoms with E-state index in [0.717, 1.165) is 11.1 Å². The zero-order valence-corrected chi connectivity index (χ0v) is 24.2. The zero-order valence-electron chi connectivity index (χ0n) is 21.9. The normalized spacial score (nSPS) is 16.2. The van der Waals surface area contributed by atoms with Gasteiger partial charge in [-0.3, -0.25) is 14.4 Å². The number of hydrogen-bond donors (Lipinski definition) is 2. The van der Waals surface area contributed by atoms with Gasteiger partial charge in [0.05, 0.1) is 26.5 Å². The molecule has 1 saturated heterocycles. The fraction of sp³-hybridized carbons (Fsp3) is 0.370. The summed E-state index contributed by atoms with van der Waals surface area (Å²) < 4.78 is 26.7. The van der Waals surface area contributed by atoms with Gasteiger partial charge in [-0.15, -0.1) is 0 Å². The van der Waals surface area contributed by atoms with Gasteiger partial charge in [-0.05, 0) is 62.1 Å². The number of piperidine rings is 1. The monoisotopic (exact) mass is 593 g/mol. The predicted octanol–water partition coefficient (Wildman–Crippen LogP) is 4.52. The van der Waals surface area contributed by atoms with Crippen LogP contribution in [-0.2, 0) is 26.5 Å². The van der Waals surface area contributed by atoms with Crippen molar-refractivity contribution in [3.05, 3.63) is 63.3 Å². The molecule has 0 aliphatic carbocycles. The maximum atomic E-state index is 13.5. The molecule has 4 rings (SSSR count). The summed E-state index contributed by atoms with van der Waals surface area (Å²) in [5, 5.41) is 14.3. The summed E-state index contributed by atoms with van der Waals surface area (Å²) in [6, 6.07) is 8.87. The van der Waals surface area contributed by atoms with Crippen molar-refractivity contribution in [3.8, 4) is 0 Å². The molecule has 0 radical (unpaired) electrons. The predicted molar refractivity (Wildman–Crippen MR) is 149 cm³/mol. The molecular weight excluding hydrogens is 565 g/mol. The number of benzene rings is 2. The smallest absolute Gasteiger partial charge is 0.325 e. The van der Waals surface area contributed by atoms with E-state index < -0.39 is 26.6 Å². The van der Waals surface area contributed by atoms with Crippen LogP contribution in [0.5, 0.6) is 0 Å². The number of carboxylic acids is 1. The van der Waals surface area contributed by atoms with Crippen LogP contribution in [0.2, 0.25) is 10.0 Å². The molecule has 9 nitrogen and oxygen atoms in total. The Bertz CT molecular complexity index is 1590. The van der Waals surface area contributed by atoms with Crippen molar-refractivity contribution in [1.82, 2.24) is 14.8 Å². The van der Waals surface area contributed by atoms with Crippen LogP contribution in [-0.4, -0.2) is 58.6 Å². The molecule has 2 aromatic carbocycles. The Morgan fingerprint density at radius 1 is 1.05 bits per heavy atom. The fourth-order valence-corrected chi connectivity index (χ4v) is 7.39. The number of halogens is 2. The second-order valence-corrected chi connectivity index (χ2v) is 12.9. The Labute approximate surface area is 236 Å². The lowest BCUT2D eigenvalue weighted by Gasteiger charge is -2.37. The van der Waals surface area contributed by atoms with Crippen molar-refractivity contribution in [2.45, 2.75) is 49.3 Å². The number of aliphatic carboxylic acids is 1. The summed E-state index contributed by atoms with van der Waals surface area (Å²) in [7, 11) is -2.51. The van der Waals surface area contributed by atoms with E-state index in [9.17, 15) is 27.9 Å². The summed E-state index contributed by atoms with van der Waals surface area (Å²) in [4.78, 5) is 38.3. The molecule has 2 N–H and O–H groups in total. The molecule has 0 saturated carbocycles. The fourth-order valence-electron chi connectivity index (χ4n) is 5.04. The highest BCUT2D eigenvalue weighted by Crippen LogP contribution is 2.37. The first-order chi connectivity index (χ1) is 18.2. The van der Waals surface area contributed by atoms with Gasteiger partial charge in [0.2, 0.25) is 5.91 Å². The average Bonchev–Trinajstić information content (AvgIpc) is 3.23. The van der Waals surface area contributed by atoms with Crippen LogP contribution in [0, 0.1) is 6.92 Å². The Hall–Kier alpha value is -3.08. The highest BCUT2D eigenvalue weighted by Gasteiger charge is 2.53. The first kappa shape index (κ1) is 28.9. The van der Waals surface area contributed by atoms with E-state index in [0.29, 0.717) is 26.7 Å². The van der Waals surface area contributed by atoms with Crippen molar-refractivity contribution in [2.24, 2.45) is 7.05 Å². The van der Waals surface area contributed by atoms with Gasteiger partial charge in [0.1, 0.15) is 5.69 Å². The number of carbonyl (C=O) groups is 3. The number of carbonyl (C=O) groups excluding carboxylic acids is 2. The number of nitrogens with zero attached hydrogens (tertiary/aromatic N) is 2. The Kier molecular flexibility index (Phi) is 7.77. The van der Waals surface area contributed by atoms with Crippen LogP contribution in [0.15, 0.2) is 41.3 Å². The number of likely N-dealkylation sites (tertiary alicyclic amines) is 1. The van der Waals surface area contributed by atoms with Gasteiger partial charge in [0.15, 0.2) is 14.6 Å². The minimum Gasteiger partial charge on any atom is -0.480 e. The molecule has 2 amide bonds. The third-order valence-electron chi connectivity index (χ3n) is 7.60. The van der Waals surface area contributed by atoms with Gasteiger partial charge in [-0.25, -0.2) is 8.42 Å². The molecule has 39 heavy (non-hydrogen) atoms. The Morgan fingerprint density at radius 3 is 2.18 bits per heavy atom. The van der Waals surface area contributed by atoms with E-state index in [1.54, 1.807) is 36.7 Å². The molecule has 1 fully saturated rings. The number of fused-ring (bicyclic) bond motifs is 1. The zero-order chi connectivity index (χ0) is 28.9. The Morgan fingerprint density at radius 2 is 1.64 bits per heavy atom. The van der Waals surface area contributed by atoms with Crippen LogP contribution < -0.4 is 5.32 Å². The van der Waals surface area contributed by atoms with Crippen LogP contribution in [0.3, 0.4) is 0 Å².